The summed E-state index contributed by atoms with van der Waals surface area (Å²) in [6.45, 7) is 2.86. The predicted octanol–water partition coefficient (Wildman–Crippen LogP) is 2.72. The third-order valence-corrected chi connectivity index (χ3v) is 4.57. The van der Waals surface area contributed by atoms with Gasteiger partial charge in [0.05, 0.1) is 17.3 Å². The number of rotatable bonds is 3. The van der Waals surface area contributed by atoms with Gasteiger partial charge in [-0.2, -0.15) is 0 Å². The van der Waals surface area contributed by atoms with Gasteiger partial charge in [-0.15, -0.1) is 0 Å². The molecule has 21 heavy (non-hydrogen) atoms. The van der Waals surface area contributed by atoms with Gasteiger partial charge in [0.2, 0.25) is 0 Å². The number of aliphatic hydroxyl groups excluding tert-OH is 1. The molecule has 0 radical (unpaired) electrons. The van der Waals surface area contributed by atoms with Crippen LogP contribution in [0.15, 0.2) is 52.7 Å². The van der Waals surface area contributed by atoms with Crippen LogP contribution >= 0.6 is 11.8 Å². The molecule has 0 unspecified atom stereocenters. The molecule has 4 heteroatoms. The molecule has 1 aliphatic rings. The van der Waals surface area contributed by atoms with Crippen molar-refractivity contribution in [3.05, 3.63) is 58.9 Å². The second kappa shape index (κ2) is 5.92. The first-order chi connectivity index (χ1) is 10.2. The number of aromatic nitrogens is 1. The zero-order chi connectivity index (χ0) is 14.8. The molecular formula is C17H19N2OS+. The summed E-state index contributed by atoms with van der Waals surface area (Å²) < 4.78 is 2.04. The van der Waals surface area contributed by atoms with Crippen molar-refractivity contribution in [3.63, 3.8) is 0 Å². The maximum Gasteiger partial charge on any atom is 0.175 e. The van der Waals surface area contributed by atoms with Crippen LogP contribution in [0, 0.1) is 6.92 Å². The van der Waals surface area contributed by atoms with E-state index in [9.17, 15) is 5.11 Å². The van der Waals surface area contributed by atoms with Crippen LogP contribution in [0.25, 0.3) is 6.08 Å². The summed E-state index contributed by atoms with van der Waals surface area (Å²) in [6.07, 6.45) is 6.29. The zero-order valence-corrected chi connectivity index (χ0v) is 13.1. The molecule has 0 saturated heterocycles. The van der Waals surface area contributed by atoms with E-state index in [-0.39, 0.29) is 6.61 Å². The fraction of sp³-hybridized carbons (Fsp3) is 0.235. The summed E-state index contributed by atoms with van der Waals surface area (Å²) in [6, 6.07) is 10.6. The number of β-amino-alcohol motifs (C(OH)–C–C–N with tert-alkyl or cyclic N) is 1. The van der Waals surface area contributed by atoms with Crippen molar-refractivity contribution in [2.75, 3.05) is 18.1 Å². The highest BCUT2D eigenvalue weighted by Crippen LogP contribution is 2.46. The van der Waals surface area contributed by atoms with E-state index in [2.05, 4.69) is 48.4 Å². The lowest BCUT2D eigenvalue weighted by Gasteiger charge is -2.19. The molecule has 0 fully saturated rings. The van der Waals surface area contributed by atoms with E-state index in [1.165, 1.54) is 16.1 Å². The van der Waals surface area contributed by atoms with E-state index < -0.39 is 0 Å². The number of hydrogen-bond acceptors (Lipinski definition) is 3. The van der Waals surface area contributed by atoms with Gasteiger partial charge in [0.25, 0.3) is 0 Å². The number of pyridine rings is 1. The molecule has 3 nitrogen and oxygen atoms in total. The van der Waals surface area contributed by atoms with Crippen molar-refractivity contribution in [2.45, 2.75) is 11.8 Å². The van der Waals surface area contributed by atoms with Gasteiger partial charge < -0.3 is 10.0 Å². The van der Waals surface area contributed by atoms with Crippen LogP contribution in [0.3, 0.4) is 0 Å². The molecule has 108 valence electrons. The Labute approximate surface area is 129 Å². The number of aliphatic hydroxyl groups is 1. The van der Waals surface area contributed by atoms with Crippen LogP contribution in [-0.4, -0.2) is 18.3 Å². The predicted molar refractivity (Wildman–Crippen MR) is 87.1 cm³/mol. The zero-order valence-electron chi connectivity index (χ0n) is 12.3. The maximum absolute atomic E-state index is 9.37. The Hall–Kier alpha value is -1.78. The van der Waals surface area contributed by atoms with Gasteiger partial charge in [0.1, 0.15) is 7.05 Å². The number of anilines is 1. The second-order valence-corrected chi connectivity index (χ2v) is 6.30. The lowest BCUT2D eigenvalue weighted by Crippen LogP contribution is -2.26. The number of thioether (sulfide) groups is 1. The smallest absolute Gasteiger partial charge is 0.175 e. The highest BCUT2D eigenvalue weighted by Gasteiger charge is 2.24. The molecule has 3 rings (SSSR count). The molecule has 0 bridgehead atoms. The van der Waals surface area contributed by atoms with E-state index in [1.54, 1.807) is 11.8 Å². The van der Waals surface area contributed by atoms with Crippen LogP contribution in [-0.2, 0) is 7.05 Å². The summed E-state index contributed by atoms with van der Waals surface area (Å²) in [5.41, 5.74) is 3.60. The van der Waals surface area contributed by atoms with Crippen LogP contribution in [0.5, 0.6) is 0 Å². The SMILES string of the molecule is Cc1ccc2c(c1)N(CCO)C(=Cc1ccc[n+](C)c1)S2. The molecule has 1 aromatic carbocycles. The third-order valence-electron chi connectivity index (χ3n) is 3.46. The Bertz CT molecular complexity index is 697. The fourth-order valence-electron chi connectivity index (χ4n) is 2.49. The highest BCUT2D eigenvalue weighted by atomic mass is 32.2. The Morgan fingerprint density at radius 1 is 1.33 bits per heavy atom. The summed E-state index contributed by atoms with van der Waals surface area (Å²) in [7, 11) is 2.02. The number of nitrogens with zero attached hydrogens (tertiary/aromatic N) is 2. The molecule has 2 aromatic rings. The van der Waals surface area contributed by atoms with Crippen LogP contribution in [0.1, 0.15) is 11.1 Å². The van der Waals surface area contributed by atoms with Gasteiger partial charge in [-0.3, -0.25) is 0 Å². The Morgan fingerprint density at radius 2 is 2.19 bits per heavy atom. The monoisotopic (exact) mass is 299 g/mol. The minimum absolute atomic E-state index is 0.147. The van der Waals surface area contributed by atoms with Crippen molar-refractivity contribution in [2.24, 2.45) is 7.05 Å². The lowest BCUT2D eigenvalue weighted by atomic mass is 10.2. The molecule has 0 atom stereocenters. The van der Waals surface area contributed by atoms with Crippen molar-refractivity contribution in [1.82, 2.24) is 0 Å². The van der Waals surface area contributed by atoms with Gasteiger partial charge in [-0.25, -0.2) is 4.57 Å². The van der Waals surface area contributed by atoms with Gasteiger partial charge in [0, 0.05) is 23.1 Å². The van der Waals surface area contributed by atoms with Gasteiger partial charge in [-0.05, 0) is 36.8 Å². The molecule has 0 saturated carbocycles. The summed E-state index contributed by atoms with van der Waals surface area (Å²) >= 11 is 1.76. The van der Waals surface area contributed by atoms with E-state index in [4.69, 9.17) is 0 Å². The van der Waals surface area contributed by atoms with Crippen LogP contribution in [0.2, 0.25) is 0 Å². The Morgan fingerprint density at radius 3 is 2.95 bits per heavy atom. The van der Waals surface area contributed by atoms with Crippen molar-refractivity contribution < 1.29 is 9.67 Å². The average molecular weight is 299 g/mol. The van der Waals surface area contributed by atoms with E-state index in [0.29, 0.717) is 6.54 Å². The molecule has 1 aliphatic heterocycles. The van der Waals surface area contributed by atoms with E-state index >= 15 is 0 Å². The summed E-state index contributed by atoms with van der Waals surface area (Å²) in [5, 5.41) is 10.5. The van der Waals surface area contributed by atoms with Crippen molar-refractivity contribution in [3.8, 4) is 0 Å². The first-order valence-corrected chi connectivity index (χ1v) is 7.83. The van der Waals surface area contributed by atoms with Crippen molar-refractivity contribution in [1.29, 1.82) is 0 Å². The molecule has 0 aliphatic carbocycles. The second-order valence-electron chi connectivity index (χ2n) is 5.23. The molecule has 0 spiro atoms. The minimum Gasteiger partial charge on any atom is -0.395 e. The molecule has 0 amide bonds. The molecular weight excluding hydrogens is 280 g/mol. The minimum atomic E-state index is 0.147. The largest absolute Gasteiger partial charge is 0.395 e. The standard InChI is InChI=1S/C17H19N2OS/c1-13-5-6-16-15(10-13)19(8-9-20)17(21-16)11-14-4-3-7-18(2)12-14/h3-7,10-12,20H,8-9H2,1-2H3/q+1. The quantitative estimate of drug-likeness (QED) is 0.883. The third kappa shape index (κ3) is 2.96. The number of benzene rings is 1. The van der Waals surface area contributed by atoms with Gasteiger partial charge >= 0.3 is 0 Å². The lowest BCUT2D eigenvalue weighted by molar-refractivity contribution is -0.671. The number of aryl methyl sites for hydroxylation is 2. The van der Waals surface area contributed by atoms with Crippen LogP contribution in [0.4, 0.5) is 5.69 Å². The van der Waals surface area contributed by atoms with Gasteiger partial charge in [-0.1, -0.05) is 17.8 Å². The maximum atomic E-state index is 9.37. The summed E-state index contributed by atoms with van der Waals surface area (Å²) in [5.74, 6) is 0. The van der Waals surface area contributed by atoms with Crippen LogP contribution < -0.4 is 9.47 Å². The number of hydrogen-bond donors (Lipinski definition) is 1. The topological polar surface area (TPSA) is 27.3 Å². The average Bonchev–Trinajstić information content (AvgIpc) is 2.77. The first kappa shape index (κ1) is 14.2. The Balaban J connectivity index is 2.00. The Kier molecular flexibility index (Phi) is 3.99. The summed E-state index contributed by atoms with van der Waals surface area (Å²) in [4.78, 5) is 3.45. The highest BCUT2D eigenvalue weighted by molar-refractivity contribution is 8.03. The number of fused-ring (bicyclic) bond motifs is 1. The molecule has 2 heterocycles. The van der Waals surface area contributed by atoms with E-state index in [0.717, 1.165) is 10.6 Å². The normalized spacial score (nSPS) is 15.6. The van der Waals surface area contributed by atoms with Crippen molar-refractivity contribution >= 4 is 23.5 Å². The fourth-order valence-corrected chi connectivity index (χ4v) is 3.62. The van der Waals surface area contributed by atoms with Gasteiger partial charge in [0.15, 0.2) is 12.4 Å². The molecule has 1 aromatic heterocycles. The first-order valence-electron chi connectivity index (χ1n) is 7.01. The molecule has 1 N–H and O–H groups in total. The van der Waals surface area contributed by atoms with E-state index in [1.807, 2.05) is 23.9 Å².